The second-order valence-electron chi connectivity index (χ2n) is 3.28. The number of carbonyl (C=O) groups excluding carboxylic acids is 1. The molecule has 0 spiro atoms. The van der Waals surface area contributed by atoms with E-state index in [4.69, 9.17) is 0 Å². The summed E-state index contributed by atoms with van der Waals surface area (Å²) in [6.07, 6.45) is 0.961. The predicted molar refractivity (Wildman–Crippen MR) is 56.8 cm³/mol. The molecule has 0 amide bonds. The third kappa shape index (κ3) is 1.70. The van der Waals surface area contributed by atoms with Gasteiger partial charge in [-0.1, -0.05) is 13.0 Å². The van der Waals surface area contributed by atoms with Crippen LogP contribution in [0.1, 0.15) is 23.1 Å². The van der Waals surface area contributed by atoms with Gasteiger partial charge in [-0.15, -0.1) is 0 Å². The molecule has 0 atom stereocenters. The van der Waals surface area contributed by atoms with Crippen LogP contribution >= 0.6 is 0 Å². The van der Waals surface area contributed by atoms with Crippen LogP contribution in [0.2, 0.25) is 0 Å². The lowest BCUT2D eigenvalue weighted by atomic mass is 10.1. The molecule has 0 saturated heterocycles. The molecule has 1 aromatic carbocycles. The van der Waals surface area contributed by atoms with Gasteiger partial charge in [-0.2, -0.15) is 0 Å². The first-order chi connectivity index (χ1) is 7.24. The van der Waals surface area contributed by atoms with E-state index in [9.17, 15) is 4.79 Å². The summed E-state index contributed by atoms with van der Waals surface area (Å²) in [5.74, 6) is -0.190. The standard InChI is InChI=1S/C11H12N2O2/c1-3-7-4-5-8-9(6-7)13-10(12-8)11(14)15-2/h4-6H,3H2,1-2H3,(H,12,13). The number of esters is 1. The predicted octanol–water partition coefficient (Wildman–Crippen LogP) is 1.91. The minimum Gasteiger partial charge on any atom is -0.463 e. The van der Waals surface area contributed by atoms with E-state index in [1.54, 1.807) is 0 Å². The van der Waals surface area contributed by atoms with E-state index in [0.29, 0.717) is 0 Å². The summed E-state index contributed by atoms with van der Waals surface area (Å²) in [7, 11) is 1.34. The number of benzene rings is 1. The van der Waals surface area contributed by atoms with Crippen molar-refractivity contribution in [3.05, 3.63) is 29.6 Å². The van der Waals surface area contributed by atoms with E-state index >= 15 is 0 Å². The number of aryl methyl sites for hydroxylation is 1. The van der Waals surface area contributed by atoms with Crippen LogP contribution in [0.3, 0.4) is 0 Å². The molecule has 2 rings (SSSR count). The molecule has 0 fully saturated rings. The summed E-state index contributed by atoms with van der Waals surface area (Å²) in [6, 6.07) is 5.90. The Kier molecular flexibility index (Phi) is 2.41. The molecular formula is C11H12N2O2. The van der Waals surface area contributed by atoms with Crippen LogP contribution in [0.15, 0.2) is 18.2 Å². The van der Waals surface area contributed by atoms with Gasteiger partial charge in [-0.05, 0) is 24.1 Å². The van der Waals surface area contributed by atoms with Gasteiger partial charge in [0.05, 0.1) is 18.1 Å². The molecule has 1 aromatic heterocycles. The Hall–Kier alpha value is -1.84. The zero-order valence-electron chi connectivity index (χ0n) is 8.70. The summed E-state index contributed by atoms with van der Waals surface area (Å²) in [5, 5.41) is 0. The number of H-pyrrole nitrogens is 1. The van der Waals surface area contributed by atoms with Gasteiger partial charge in [0.15, 0.2) is 0 Å². The van der Waals surface area contributed by atoms with E-state index in [1.165, 1.54) is 12.7 Å². The normalized spacial score (nSPS) is 10.5. The first-order valence-corrected chi connectivity index (χ1v) is 4.81. The Labute approximate surface area is 87.3 Å². The topological polar surface area (TPSA) is 55.0 Å². The van der Waals surface area contributed by atoms with Gasteiger partial charge in [0, 0.05) is 0 Å². The number of hydrogen-bond acceptors (Lipinski definition) is 3. The van der Waals surface area contributed by atoms with Crippen LogP contribution in [0.25, 0.3) is 11.0 Å². The highest BCUT2D eigenvalue weighted by molar-refractivity contribution is 5.90. The Morgan fingerprint density at radius 2 is 2.33 bits per heavy atom. The molecule has 78 valence electrons. The third-order valence-electron chi connectivity index (χ3n) is 2.33. The number of rotatable bonds is 2. The van der Waals surface area contributed by atoms with Crippen molar-refractivity contribution in [2.75, 3.05) is 7.11 Å². The summed E-state index contributed by atoms with van der Waals surface area (Å²) >= 11 is 0. The SMILES string of the molecule is CCc1ccc2nc(C(=O)OC)[nH]c2c1. The molecule has 4 heteroatoms. The van der Waals surface area contributed by atoms with Gasteiger partial charge >= 0.3 is 5.97 Å². The van der Waals surface area contributed by atoms with Crippen LogP contribution in [-0.2, 0) is 11.2 Å². The average molecular weight is 204 g/mol. The number of fused-ring (bicyclic) bond motifs is 1. The van der Waals surface area contributed by atoms with Crippen LogP contribution in [0.5, 0.6) is 0 Å². The fourth-order valence-corrected chi connectivity index (χ4v) is 1.47. The van der Waals surface area contributed by atoms with Gasteiger partial charge in [0.25, 0.3) is 0 Å². The molecule has 0 radical (unpaired) electrons. The number of nitrogens with zero attached hydrogens (tertiary/aromatic N) is 1. The van der Waals surface area contributed by atoms with Crippen molar-refractivity contribution in [3.8, 4) is 0 Å². The van der Waals surface area contributed by atoms with Gasteiger partial charge in [0.2, 0.25) is 5.82 Å². The number of methoxy groups -OCH3 is 1. The summed E-state index contributed by atoms with van der Waals surface area (Å²) in [4.78, 5) is 18.3. The molecule has 0 unspecified atom stereocenters. The lowest BCUT2D eigenvalue weighted by Crippen LogP contribution is -2.02. The first kappa shape index (κ1) is 9.71. The van der Waals surface area contributed by atoms with Crippen molar-refractivity contribution in [1.82, 2.24) is 9.97 Å². The molecule has 1 heterocycles. The highest BCUT2D eigenvalue weighted by Gasteiger charge is 2.10. The number of imidazole rings is 1. The lowest BCUT2D eigenvalue weighted by Gasteiger charge is -1.93. The quantitative estimate of drug-likeness (QED) is 0.760. The van der Waals surface area contributed by atoms with Crippen molar-refractivity contribution < 1.29 is 9.53 Å². The van der Waals surface area contributed by atoms with Gasteiger partial charge in [0.1, 0.15) is 0 Å². The van der Waals surface area contributed by atoms with E-state index in [-0.39, 0.29) is 5.82 Å². The summed E-state index contributed by atoms with van der Waals surface area (Å²) in [5.41, 5.74) is 2.87. The minimum absolute atomic E-state index is 0.251. The maximum atomic E-state index is 11.2. The maximum absolute atomic E-state index is 11.2. The van der Waals surface area contributed by atoms with Gasteiger partial charge in [-0.3, -0.25) is 0 Å². The Morgan fingerprint density at radius 3 is 3.00 bits per heavy atom. The highest BCUT2D eigenvalue weighted by Crippen LogP contribution is 2.14. The van der Waals surface area contributed by atoms with Crippen LogP contribution in [0, 0.1) is 0 Å². The third-order valence-corrected chi connectivity index (χ3v) is 2.33. The van der Waals surface area contributed by atoms with Gasteiger partial charge in [-0.25, -0.2) is 9.78 Å². The van der Waals surface area contributed by atoms with Crippen LogP contribution < -0.4 is 0 Å². The Morgan fingerprint density at radius 1 is 1.53 bits per heavy atom. The minimum atomic E-state index is -0.441. The van der Waals surface area contributed by atoms with Gasteiger partial charge < -0.3 is 9.72 Å². The summed E-state index contributed by atoms with van der Waals surface area (Å²) < 4.78 is 4.59. The first-order valence-electron chi connectivity index (χ1n) is 4.81. The van der Waals surface area contributed by atoms with Crippen molar-refractivity contribution in [1.29, 1.82) is 0 Å². The molecule has 0 aliphatic carbocycles. The molecule has 0 bridgehead atoms. The van der Waals surface area contributed by atoms with Crippen molar-refractivity contribution in [2.45, 2.75) is 13.3 Å². The van der Waals surface area contributed by atoms with E-state index in [0.717, 1.165) is 17.5 Å². The molecule has 0 aliphatic heterocycles. The van der Waals surface area contributed by atoms with Crippen LogP contribution in [0.4, 0.5) is 0 Å². The van der Waals surface area contributed by atoms with E-state index in [1.807, 2.05) is 18.2 Å². The molecule has 1 N–H and O–H groups in total. The largest absolute Gasteiger partial charge is 0.463 e. The molecule has 4 nitrogen and oxygen atoms in total. The molecule has 2 aromatic rings. The zero-order valence-corrected chi connectivity index (χ0v) is 8.70. The molecular weight excluding hydrogens is 192 g/mol. The molecule has 15 heavy (non-hydrogen) atoms. The maximum Gasteiger partial charge on any atom is 0.374 e. The number of aromatic amines is 1. The number of nitrogens with one attached hydrogen (secondary N) is 1. The summed E-state index contributed by atoms with van der Waals surface area (Å²) in [6.45, 7) is 2.08. The average Bonchev–Trinajstić information content (AvgIpc) is 2.70. The lowest BCUT2D eigenvalue weighted by molar-refractivity contribution is 0.0588. The van der Waals surface area contributed by atoms with E-state index < -0.39 is 5.97 Å². The molecule has 0 aliphatic rings. The van der Waals surface area contributed by atoms with Crippen molar-refractivity contribution in [3.63, 3.8) is 0 Å². The van der Waals surface area contributed by atoms with E-state index in [2.05, 4.69) is 21.6 Å². The fourth-order valence-electron chi connectivity index (χ4n) is 1.47. The molecule has 0 saturated carbocycles. The highest BCUT2D eigenvalue weighted by atomic mass is 16.5. The number of ether oxygens (including phenoxy) is 1. The zero-order chi connectivity index (χ0) is 10.8. The smallest absolute Gasteiger partial charge is 0.374 e. The monoisotopic (exact) mass is 204 g/mol. The number of carbonyl (C=O) groups is 1. The number of aromatic nitrogens is 2. The second-order valence-corrected chi connectivity index (χ2v) is 3.28. The van der Waals surface area contributed by atoms with Crippen LogP contribution in [-0.4, -0.2) is 23.0 Å². The van der Waals surface area contributed by atoms with Crippen molar-refractivity contribution >= 4 is 17.0 Å². The Balaban J connectivity index is 2.51. The Bertz CT molecular complexity index is 502. The van der Waals surface area contributed by atoms with Crippen molar-refractivity contribution in [2.24, 2.45) is 0 Å². The fraction of sp³-hybridized carbons (Fsp3) is 0.273. The second kappa shape index (κ2) is 3.73. The number of hydrogen-bond donors (Lipinski definition) is 1.